The highest BCUT2D eigenvalue weighted by molar-refractivity contribution is 5.54. The van der Waals surface area contributed by atoms with E-state index in [0.717, 1.165) is 12.3 Å². The molecule has 1 atom stereocenters. The van der Waals surface area contributed by atoms with Gasteiger partial charge in [0.1, 0.15) is 5.75 Å². The highest BCUT2D eigenvalue weighted by Gasteiger charge is 2.16. The van der Waals surface area contributed by atoms with Crippen LogP contribution in [0.3, 0.4) is 0 Å². The lowest BCUT2D eigenvalue weighted by atomic mass is 10.0. The van der Waals surface area contributed by atoms with Crippen molar-refractivity contribution in [3.8, 4) is 5.75 Å². The number of hydrogen-bond donors (Lipinski definition) is 2. The average Bonchev–Trinajstić information content (AvgIpc) is 2.71. The van der Waals surface area contributed by atoms with Crippen molar-refractivity contribution in [1.82, 2.24) is 5.32 Å². The number of methoxy groups -OCH3 is 1. The maximum absolute atomic E-state index is 5.75. The topological polar surface area (TPSA) is 47.3 Å². The molecule has 0 aliphatic carbocycles. The van der Waals surface area contributed by atoms with E-state index in [1.165, 1.54) is 18.4 Å². The number of benzene rings is 1. The molecule has 3 heteroatoms. The number of hydrogen-bond acceptors (Lipinski definition) is 3. The summed E-state index contributed by atoms with van der Waals surface area (Å²) in [6.07, 6.45) is 2.45. The Bertz CT molecular complexity index is 319. The highest BCUT2D eigenvalue weighted by Crippen LogP contribution is 2.29. The lowest BCUT2D eigenvalue weighted by Gasteiger charge is -2.13. The zero-order valence-electron chi connectivity index (χ0n) is 8.42. The number of nitrogen functional groups attached to an aromatic ring is 1. The van der Waals surface area contributed by atoms with Crippen LogP contribution in [0, 0.1) is 0 Å². The molecule has 1 aromatic rings. The lowest BCUT2D eigenvalue weighted by Crippen LogP contribution is -2.12. The zero-order chi connectivity index (χ0) is 9.97. The Balaban J connectivity index is 2.25. The lowest BCUT2D eigenvalue weighted by molar-refractivity contribution is 0.415. The van der Waals surface area contributed by atoms with Crippen molar-refractivity contribution in [3.05, 3.63) is 23.8 Å². The molecule has 1 aliphatic heterocycles. The largest absolute Gasteiger partial charge is 0.495 e. The Labute approximate surface area is 84.3 Å². The third-order valence-corrected chi connectivity index (χ3v) is 2.72. The Morgan fingerprint density at radius 1 is 1.50 bits per heavy atom. The molecule has 1 aliphatic rings. The van der Waals surface area contributed by atoms with Crippen LogP contribution in [-0.4, -0.2) is 13.7 Å². The first-order valence-corrected chi connectivity index (χ1v) is 4.98. The van der Waals surface area contributed by atoms with Crippen molar-refractivity contribution in [2.75, 3.05) is 19.4 Å². The molecule has 2 rings (SSSR count). The maximum atomic E-state index is 5.75. The molecule has 1 heterocycles. The minimum absolute atomic E-state index is 0.476. The SMILES string of the molecule is COc1cc(C2CCCN2)ccc1N. The Kier molecular flexibility index (Phi) is 2.59. The Hall–Kier alpha value is -1.22. The summed E-state index contributed by atoms with van der Waals surface area (Å²) in [4.78, 5) is 0. The molecule has 0 amide bonds. The molecule has 1 aromatic carbocycles. The van der Waals surface area contributed by atoms with Gasteiger partial charge in [0.15, 0.2) is 0 Å². The van der Waals surface area contributed by atoms with Gasteiger partial charge in [0, 0.05) is 6.04 Å². The smallest absolute Gasteiger partial charge is 0.142 e. The molecule has 14 heavy (non-hydrogen) atoms. The second kappa shape index (κ2) is 3.88. The number of anilines is 1. The van der Waals surface area contributed by atoms with Crippen molar-refractivity contribution in [3.63, 3.8) is 0 Å². The van der Waals surface area contributed by atoms with Gasteiger partial charge in [-0.25, -0.2) is 0 Å². The summed E-state index contributed by atoms with van der Waals surface area (Å²) in [5.74, 6) is 0.774. The second-order valence-corrected chi connectivity index (χ2v) is 3.65. The van der Waals surface area contributed by atoms with Crippen LogP contribution < -0.4 is 15.8 Å². The van der Waals surface area contributed by atoms with Gasteiger partial charge in [-0.3, -0.25) is 0 Å². The molecule has 3 N–H and O–H groups in total. The maximum Gasteiger partial charge on any atom is 0.142 e. The van der Waals surface area contributed by atoms with Gasteiger partial charge in [0.25, 0.3) is 0 Å². The second-order valence-electron chi connectivity index (χ2n) is 3.65. The van der Waals surface area contributed by atoms with Gasteiger partial charge in [-0.1, -0.05) is 6.07 Å². The molecule has 1 unspecified atom stereocenters. The van der Waals surface area contributed by atoms with Crippen molar-refractivity contribution in [1.29, 1.82) is 0 Å². The summed E-state index contributed by atoms with van der Waals surface area (Å²) < 4.78 is 5.19. The van der Waals surface area contributed by atoms with E-state index in [2.05, 4.69) is 11.4 Å². The molecule has 0 radical (unpaired) electrons. The molecule has 0 saturated carbocycles. The standard InChI is InChI=1S/C11H16N2O/c1-14-11-7-8(4-5-9(11)12)10-3-2-6-13-10/h4-5,7,10,13H,2-3,6,12H2,1H3. The number of nitrogens with two attached hydrogens (primary N) is 1. The quantitative estimate of drug-likeness (QED) is 0.701. The highest BCUT2D eigenvalue weighted by atomic mass is 16.5. The van der Waals surface area contributed by atoms with Gasteiger partial charge in [-0.15, -0.1) is 0 Å². The predicted molar refractivity (Wildman–Crippen MR) is 57.4 cm³/mol. The molecular weight excluding hydrogens is 176 g/mol. The molecule has 76 valence electrons. The van der Waals surface area contributed by atoms with Crippen LogP contribution in [0.15, 0.2) is 18.2 Å². The van der Waals surface area contributed by atoms with Gasteiger partial charge in [-0.05, 0) is 37.1 Å². The van der Waals surface area contributed by atoms with Gasteiger partial charge >= 0.3 is 0 Å². The van der Waals surface area contributed by atoms with E-state index in [1.807, 2.05) is 12.1 Å². The Morgan fingerprint density at radius 2 is 2.36 bits per heavy atom. The third-order valence-electron chi connectivity index (χ3n) is 2.72. The first-order chi connectivity index (χ1) is 6.81. The summed E-state index contributed by atoms with van der Waals surface area (Å²) in [5.41, 5.74) is 7.73. The van der Waals surface area contributed by atoms with E-state index in [-0.39, 0.29) is 0 Å². The van der Waals surface area contributed by atoms with Crippen molar-refractivity contribution < 1.29 is 4.74 Å². The minimum Gasteiger partial charge on any atom is -0.495 e. The monoisotopic (exact) mass is 192 g/mol. The van der Waals surface area contributed by atoms with Crippen LogP contribution in [0.4, 0.5) is 5.69 Å². The van der Waals surface area contributed by atoms with Crippen LogP contribution >= 0.6 is 0 Å². The fraction of sp³-hybridized carbons (Fsp3) is 0.455. The van der Waals surface area contributed by atoms with Crippen LogP contribution in [0.5, 0.6) is 5.75 Å². The van der Waals surface area contributed by atoms with Crippen LogP contribution in [-0.2, 0) is 0 Å². The van der Waals surface area contributed by atoms with Crippen LogP contribution in [0.1, 0.15) is 24.4 Å². The first-order valence-electron chi connectivity index (χ1n) is 4.98. The van der Waals surface area contributed by atoms with Crippen molar-refractivity contribution in [2.45, 2.75) is 18.9 Å². The number of ether oxygens (including phenoxy) is 1. The molecule has 3 nitrogen and oxygen atoms in total. The van der Waals surface area contributed by atoms with E-state index < -0.39 is 0 Å². The molecular formula is C11H16N2O. The van der Waals surface area contributed by atoms with E-state index >= 15 is 0 Å². The summed E-state index contributed by atoms with van der Waals surface area (Å²) >= 11 is 0. The van der Waals surface area contributed by atoms with Crippen molar-refractivity contribution in [2.24, 2.45) is 0 Å². The summed E-state index contributed by atoms with van der Waals surface area (Å²) in [6, 6.07) is 6.48. The first kappa shape index (κ1) is 9.34. The van der Waals surface area contributed by atoms with E-state index in [0.29, 0.717) is 11.7 Å². The normalized spacial score (nSPS) is 21.1. The summed E-state index contributed by atoms with van der Waals surface area (Å²) in [7, 11) is 1.65. The van der Waals surface area contributed by atoms with Gasteiger partial charge in [0.2, 0.25) is 0 Å². The zero-order valence-corrected chi connectivity index (χ0v) is 8.42. The number of nitrogens with one attached hydrogen (secondary N) is 1. The van der Waals surface area contributed by atoms with Gasteiger partial charge in [-0.2, -0.15) is 0 Å². The van der Waals surface area contributed by atoms with Crippen LogP contribution in [0.25, 0.3) is 0 Å². The van der Waals surface area contributed by atoms with E-state index in [9.17, 15) is 0 Å². The minimum atomic E-state index is 0.476. The Morgan fingerprint density at radius 3 is 3.00 bits per heavy atom. The van der Waals surface area contributed by atoms with Gasteiger partial charge in [0.05, 0.1) is 12.8 Å². The molecule has 0 spiro atoms. The van der Waals surface area contributed by atoms with Crippen molar-refractivity contribution >= 4 is 5.69 Å². The third kappa shape index (κ3) is 1.68. The molecule has 0 aromatic heterocycles. The molecule has 1 saturated heterocycles. The van der Waals surface area contributed by atoms with E-state index in [4.69, 9.17) is 10.5 Å². The van der Waals surface area contributed by atoms with E-state index in [1.54, 1.807) is 7.11 Å². The summed E-state index contributed by atoms with van der Waals surface area (Å²) in [5, 5.41) is 3.45. The number of rotatable bonds is 2. The fourth-order valence-corrected chi connectivity index (χ4v) is 1.91. The predicted octanol–water partition coefficient (Wildman–Crippen LogP) is 1.70. The summed E-state index contributed by atoms with van der Waals surface area (Å²) in [6.45, 7) is 1.11. The van der Waals surface area contributed by atoms with Crippen LogP contribution in [0.2, 0.25) is 0 Å². The average molecular weight is 192 g/mol. The fourth-order valence-electron chi connectivity index (χ4n) is 1.91. The molecule has 0 bridgehead atoms. The van der Waals surface area contributed by atoms with Gasteiger partial charge < -0.3 is 15.8 Å². The molecule has 1 fully saturated rings.